The number of rotatable bonds is 5. The highest BCUT2D eigenvalue weighted by Gasteiger charge is 2.24. The summed E-state index contributed by atoms with van der Waals surface area (Å²) in [7, 11) is 1.68. The summed E-state index contributed by atoms with van der Waals surface area (Å²) in [5.41, 5.74) is 1.62. The highest BCUT2D eigenvalue weighted by atomic mass is 16.5. The molecular weight excluding hydrogens is 354 g/mol. The summed E-state index contributed by atoms with van der Waals surface area (Å²) in [6, 6.07) is 8.46. The van der Waals surface area contributed by atoms with Crippen molar-refractivity contribution < 1.29 is 9.53 Å². The minimum Gasteiger partial charge on any atom is -0.495 e. The molecule has 7 nitrogen and oxygen atoms in total. The lowest BCUT2D eigenvalue weighted by atomic mass is 10.2. The molecule has 1 aromatic heterocycles. The van der Waals surface area contributed by atoms with Crippen molar-refractivity contribution in [2.75, 3.05) is 43.5 Å². The van der Waals surface area contributed by atoms with E-state index in [2.05, 4.69) is 26.3 Å². The molecule has 1 aromatic carbocycles. The molecule has 2 heterocycles. The quantitative estimate of drug-likeness (QED) is 0.859. The minimum absolute atomic E-state index is 0.00732. The van der Waals surface area contributed by atoms with Gasteiger partial charge in [-0.3, -0.25) is 4.79 Å². The second kappa shape index (κ2) is 8.46. The number of carbonyl (C=O) groups is 1. The maximum atomic E-state index is 12.8. The molecule has 148 valence electrons. The Morgan fingerprint density at radius 3 is 2.43 bits per heavy atom. The van der Waals surface area contributed by atoms with Crippen LogP contribution in [0.3, 0.4) is 0 Å². The van der Waals surface area contributed by atoms with Gasteiger partial charge in [0.15, 0.2) is 0 Å². The molecule has 0 spiro atoms. The van der Waals surface area contributed by atoms with Crippen LogP contribution in [0.4, 0.5) is 11.6 Å². The number of anilines is 2. The van der Waals surface area contributed by atoms with E-state index in [-0.39, 0.29) is 5.91 Å². The van der Waals surface area contributed by atoms with Gasteiger partial charge in [0.25, 0.3) is 5.91 Å². The van der Waals surface area contributed by atoms with Gasteiger partial charge >= 0.3 is 0 Å². The van der Waals surface area contributed by atoms with Crippen molar-refractivity contribution in [3.8, 4) is 5.75 Å². The number of hydrogen-bond acceptors (Lipinski definition) is 6. The number of ether oxygens (including phenoxy) is 1. The maximum absolute atomic E-state index is 12.8. The number of hydrogen-bond donors (Lipinski definition) is 1. The molecule has 4 rings (SSSR count). The number of benzene rings is 1. The van der Waals surface area contributed by atoms with Gasteiger partial charge in [-0.25, -0.2) is 9.97 Å². The Labute approximate surface area is 165 Å². The molecule has 1 saturated heterocycles. The van der Waals surface area contributed by atoms with Gasteiger partial charge in [0.05, 0.1) is 18.4 Å². The Kier molecular flexibility index (Phi) is 5.60. The molecule has 1 aliphatic heterocycles. The monoisotopic (exact) mass is 381 g/mol. The van der Waals surface area contributed by atoms with Crippen molar-refractivity contribution in [1.82, 2.24) is 14.9 Å². The van der Waals surface area contributed by atoms with Crippen LogP contribution in [-0.4, -0.2) is 60.1 Å². The topological polar surface area (TPSA) is 70.6 Å². The zero-order chi connectivity index (χ0) is 19.3. The van der Waals surface area contributed by atoms with Crippen LogP contribution in [0.25, 0.3) is 0 Å². The minimum atomic E-state index is -0.00732. The first-order valence-electron chi connectivity index (χ1n) is 10.0. The van der Waals surface area contributed by atoms with Crippen molar-refractivity contribution in [1.29, 1.82) is 0 Å². The molecule has 0 radical (unpaired) electrons. The fraction of sp³-hybridized carbons (Fsp3) is 0.476. The number of carbonyl (C=O) groups excluding carboxylic acids is 1. The molecule has 1 aliphatic carbocycles. The molecule has 7 heteroatoms. The van der Waals surface area contributed by atoms with Crippen LogP contribution in [0, 0.1) is 0 Å². The first-order chi connectivity index (χ1) is 13.7. The molecule has 0 bridgehead atoms. The van der Waals surface area contributed by atoms with Gasteiger partial charge < -0.3 is 19.9 Å². The number of aromatic nitrogens is 2. The Morgan fingerprint density at radius 1 is 1.07 bits per heavy atom. The lowest BCUT2D eigenvalue weighted by molar-refractivity contribution is 0.0746. The van der Waals surface area contributed by atoms with Gasteiger partial charge in [0.2, 0.25) is 5.95 Å². The summed E-state index contributed by atoms with van der Waals surface area (Å²) in [4.78, 5) is 25.6. The van der Waals surface area contributed by atoms with Crippen molar-refractivity contribution in [3.63, 3.8) is 0 Å². The van der Waals surface area contributed by atoms with Gasteiger partial charge in [-0.1, -0.05) is 25.0 Å². The van der Waals surface area contributed by atoms with E-state index in [1.165, 1.54) is 25.7 Å². The third-order valence-corrected chi connectivity index (χ3v) is 5.58. The summed E-state index contributed by atoms with van der Waals surface area (Å²) >= 11 is 0. The first kappa shape index (κ1) is 18.5. The Bertz CT molecular complexity index is 797. The fourth-order valence-corrected chi connectivity index (χ4v) is 3.99. The van der Waals surface area contributed by atoms with Crippen LogP contribution in [0.2, 0.25) is 0 Å². The smallest absolute Gasteiger partial charge is 0.257 e. The molecule has 1 N–H and O–H groups in total. The van der Waals surface area contributed by atoms with E-state index >= 15 is 0 Å². The second-order valence-electron chi connectivity index (χ2n) is 7.37. The highest BCUT2D eigenvalue weighted by Crippen LogP contribution is 2.28. The fourth-order valence-electron chi connectivity index (χ4n) is 3.99. The zero-order valence-electron chi connectivity index (χ0n) is 16.3. The second-order valence-corrected chi connectivity index (χ2v) is 7.37. The number of nitrogens with zero attached hydrogens (tertiary/aromatic N) is 4. The van der Waals surface area contributed by atoms with Gasteiger partial charge in [-0.2, -0.15) is 0 Å². The zero-order valence-corrected chi connectivity index (χ0v) is 16.3. The summed E-state index contributed by atoms with van der Waals surface area (Å²) in [5.74, 6) is 1.47. The number of methoxy groups -OCH3 is 1. The molecule has 1 saturated carbocycles. The Balaban J connectivity index is 1.34. The van der Waals surface area contributed by atoms with Crippen LogP contribution >= 0.6 is 0 Å². The van der Waals surface area contributed by atoms with E-state index in [1.807, 2.05) is 23.1 Å². The van der Waals surface area contributed by atoms with Crippen LogP contribution in [0.1, 0.15) is 36.0 Å². The van der Waals surface area contributed by atoms with E-state index in [0.717, 1.165) is 24.5 Å². The van der Waals surface area contributed by atoms with E-state index < -0.39 is 0 Å². The highest BCUT2D eigenvalue weighted by molar-refractivity contribution is 5.93. The largest absolute Gasteiger partial charge is 0.495 e. The number of nitrogens with one attached hydrogen (secondary N) is 1. The van der Waals surface area contributed by atoms with Gasteiger partial charge in [0.1, 0.15) is 5.75 Å². The SMILES string of the molecule is COc1ccccc1N1CCN(C(=O)c2cnc(NC3CCCC3)nc2)CC1. The predicted octanol–water partition coefficient (Wildman–Crippen LogP) is 2.80. The Hall–Kier alpha value is -2.83. The van der Waals surface area contributed by atoms with E-state index in [1.54, 1.807) is 19.5 Å². The van der Waals surface area contributed by atoms with Crippen LogP contribution in [-0.2, 0) is 0 Å². The average Bonchev–Trinajstić information content (AvgIpc) is 3.27. The molecule has 2 aliphatic rings. The molecule has 2 aromatic rings. The van der Waals surface area contributed by atoms with Gasteiger partial charge in [0, 0.05) is 44.6 Å². The maximum Gasteiger partial charge on any atom is 0.257 e. The van der Waals surface area contributed by atoms with Gasteiger partial charge in [-0.05, 0) is 25.0 Å². The number of para-hydroxylation sites is 2. The van der Waals surface area contributed by atoms with Crippen molar-refractivity contribution >= 4 is 17.5 Å². The summed E-state index contributed by atoms with van der Waals surface area (Å²) in [6.45, 7) is 2.88. The number of amides is 1. The summed E-state index contributed by atoms with van der Waals surface area (Å²) in [5, 5.41) is 3.36. The number of piperazine rings is 1. The molecule has 1 amide bonds. The Morgan fingerprint density at radius 2 is 1.75 bits per heavy atom. The average molecular weight is 381 g/mol. The van der Waals surface area contributed by atoms with Gasteiger partial charge in [-0.15, -0.1) is 0 Å². The molecule has 0 unspecified atom stereocenters. The first-order valence-corrected chi connectivity index (χ1v) is 10.0. The standard InChI is InChI=1S/C21H27N5O2/c1-28-19-9-5-4-8-18(19)25-10-12-26(13-11-25)20(27)16-14-22-21(23-15-16)24-17-6-2-3-7-17/h4-5,8-9,14-15,17H,2-3,6-7,10-13H2,1H3,(H,22,23,24). The summed E-state index contributed by atoms with van der Waals surface area (Å²) in [6.07, 6.45) is 8.13. The van der Waals surface area contributed by atoms with Crippen molar-refractivity contribution in [3.05, 3.63) is 42.2 Å². The van der Waals surface area contributed by atoms with Crippen molar-refractivity contribution in [2.24, 2.45) is 0 Å². The normalized spacial score (nSPS) is 17.6. The third kappa shape index (κ3) is 4.03. The lowest BCUT2D eigenvalue weighted by Gasteiger charge is -2.36. The van der Waals surface area contributed by atoms with E-state index in [0.29, 0.717) is 30.6 Å². The molecule has 0 atom stereocenters. The van der Waals surface area contributed by atoms with E-state index in [4.69, 9.17) is 4.74 Å². The molecule has 28 heavy (non-hydrogen) atoms. The molecule has 2 fully saturated rings. The van der Waals surface area contributed by atoms with E-state index in [9.17, 15) is 4.79 Å². The predicted molar refractivity (Wildman–Crippen MR) is 109 cm³/mol. The lowest BCUT2D eigenvalue weighted by Crippen LogP contribution is -2.48. The van der Waals surface area contributed by atoms with Crippen LogP contribution < -0.4 is 15.0 Å². The van der Waals surface area contributed by atoms with Crippen molar-refractivity contribution in [2.45, 2.75) is 31.7 Å². The third-order valence-electron chi connectivity index (χ3n) is 5.58. The van der Waals surface area contributed by atoms with Crippen LogP contribution in [0.15, 0.2) is 36.7 Å². The van der Waals surface area contributed by atoms with Crippen LogP contribution in [0.5, 0.6) is 5.75 Å². The molecular formula is C21H27N5O2. The summed E-state index contributed by atoms with van der Waals surface area (Å²) < 4.78 is 5.46.